The first-order valence-electron chi connectivity index (χ1n) is 14.1. The smallest absolute Gasteiger partial charge is 0.138 e. The maximum absolute atomic E-state index is 4.78. The summed E-state index contributed by atoms with van der Waals surface area (Å²) in [5, 5.41) is 0. The summed E-state index contributed by atoms with van der Waals surface area (Å²) in [6.45, 7) is 8.64. The average Bonchev–Trinajstić information content (AvgIpc) is 3.02. The van der Waals surface area contributed by atoms with Crippen molar-refractivity contribution in [3.05, 3.63) is 120 Å². The third-order valence-corrected chi connectivity index (χ3v) is 7.14. The van der Waals surface area contributed by atoms with E-state index in [4.69, 9.17) is 19.9 Å². The van der Waals surface area contributed by atoms with Crippen molar-refractivity contribution in [2.24, 2.45) is 0 Å². The molecule has 0 atom stereocenters. The monoisotopic (exact) mass is 528 g/mol. The first kappa shape index (κ1) is 27.0. The van der Waals surface area contributed by atoms with Crippen molar-refractivity contribution in [2.75, 3.05) is 9.80 Å². The van der Waals surface area contributed by atoms with Crippen LogP contribution in [0.3, 0.4) is 0 Å². The molecule has 0 unspecified atom stereocenters. The lowest BCUT2D eigenvalue weighted by Crippen LogP contribution is -2.16. The zero-order chi connectivity index (χ0) is 27.9. The highest BCUT2D eigenvalue weighted by Gasteiger charge is 2.20. The number of hydrogen-bond acceptors (Lipinski definition) is 6. The zero-order valence-electron chi connectivity index (χ0n) is 23.7. The molecule has 4 aromatic heterocycles. The molecule has 202 valence electrons. The van der Waals surface area contributed by atoms with Gasteiger partial charge in [0.05, 0.1) is 11.4 Å². The molecule has 0 aliphatic heterocycles. The van der Waals surface area contributed by atoms with Gasteiger partial charge in [0.2, 0.25) is 0 Å². The van der Waals surface area contributed by atoms with Crippen LogP contribution in [0.25, 0.3) is 0 Å². The largest absolute Gasteiger partial charge is 0.279 e. The Morgan fingerprint density at radius 3 is 1.00 bits per heavy atom. The highest BCUT2D eigenvalue weighted by molar-refractivity contribution is 5.79. The van der Waals surface area contributed by atoms with Gasteiger partial charge in [-0.2, -0.15) is 0 Å². The van der Waals surface area contributed by atoms with Crippen molar-refractivity contribution in [1.82, 2.24) is 19.9 Å². The second-order valence-corrected chi connectivity index (χ2v) is 9.69. The lowest BCUT2D eigenvalue weighted by atomic mass is 10.1. The number of nitrogens with zero attached hydrogens (tertiary/aromatic N) is 6. The van der Waals surface area contributed by atoms with Gasteiger partial charge < -0.3 is 0 Å². The molecule has 40 heavy (non-hydrogen) atoms. The van der Waals surface area contributed by atoms with E-state index in [0.717, 1.165) is 60.3 Å². The Morgan fingerprint density at radius 2 is 0.725 bits per heavy atom. The normalized spacial score (nSPS) is 10.9. The Hall–Kier alpha value is -4.58. The minimum absolute atomic E-state index is 0.834. The highest BCUT2D eigenvalue weighted by Crippen LogP contribution is 2.38. The van der Waals surface area contributed by atoms with Crippen LogP contribution in [-0.2, 0) is 25.7 Å². The number of aromatic nitrogens is 4. The Labute approximate surface area is 237 Å². The Bertz CT molecular complexity index is 1370. The number of anilines is 6. The average molecular weight is 529 g/mol. The SMILES string of the molecule is CCc1ccnc(N(c2cccc(N(c3cc(CC)ccn3)c3cc(CC)ccn3)c2)c2cc(CC)ccn2)c1. The summed E-state index contributed by atoms with van der Waals surface area (Å²) < 4.78 is 0. The van der Waals surface area contributed by atoms with Crippen molar-refractivity contribution >= 4 is 34.6 Å². The van der Waals surface area contributed by atoms with E-state index in [-0.39, 0.29) is 0 Å². The first-order valence-corrected chi connectivity index (χ1v) is 14.1. The minimum Gasteiger partial charge on any atom is -0.279 e. The molecule has 0 aliphatic carbocycles. The molecule has 0 radical (unpaired) electrons. The van der Waals surface area contributed by atoms with Gasteiger partial charge in [0.1, 0.15) is 23.3 Å². The molecule has 5 aromatic rings. The number of rotatable bonds is 10. The fraction of sp³-hybridized carbons (Fsp3) is 0.235. The predicted octanol–water partition coefficient (Wildman–Crippen LogP) is 8.46. The highest BCUT2D eigenvalue weighted by atomic mass is 15.3. The molecular formula is C34H36N6. The summed E-state index contributed by atoms with van der Waals surface area (Å²) in [5.74, 6) is 3.34. The van der Waals surface area contributed by atoms with E-state index in [0.29, 0.717) is 0 Å². The van der Waals surface area contributed by atoms with Gasteiger partial charge >= 0.3 is 0 Å². The van der Waals surface area contributed by atoms with Crippen molar-refractivity contribution in [1.29, 1.82) is 0 Å². The summed E-state index contributed by atoms with van der Waals surface area (Å²) in [4.78, 5) is 23.4. The molecule has 0 bridgehead atoms. The molecule has 0 N–H and O–H groups in total. The summed E-state index contributed by atoms with van der Waals surface area (Å²) in [7, 11) is 0. The molecule has 0 saturated carbocycles. The van der Waals surface area contributed by atoms with E-state index in [1.807, 2.05) is 24.8 Å². The van der Waals surface area contributed by atoms with Gasteiger partial charge in [-0.15, -0.1) is 0 Å². The van der Waals surface area contributed by atoms with Crippen molar-refractivity contribution in [3.63, 3.8) is 0 Å². The summed E-state index contributed by atoms with van der Waals surface area (Å²) in [6, 6.07) is 25.3. The topological polar surface area (TPSA) is 58.0 Å². The molecule has 4 heterocycles. The van der Waals surface area contributed by atoms with Crippen molar-refractivity contribution in [2.45, 2.75) is 53.4 Å². The quantitative estimate of drug-likeness (QED) is 0.181. The van der Waals surface area contributed by atoms with E-state index < -0.39 is 0 Å². The number of benzene rings is 1. The third-order valence-electron chi connectivity index (χ3n) is 7.14. The van der Waals surface area contributed by atoms with E-state index in [1.54, 1.807) is 0 Å². The molecule has 0 fully saturated rings. The molecule has 0 spiro atoms. The molecule has 6 nitrogen and oxygen atoms in total. The Balaban J connectivity index is 1.69. The first-order chi connectivity index (χ1) is 19.6. The molecular weight excluding hydrogens is 492 g/mol. The minimum atomic E-state index is 0.834. The lowest BCUT2D eigenvalue weighted by Gasteiger charge is -2.27. The van der Waals surface area contributed by atoms with Gasteiger partial charge in [-0.25, -0.2) is 19.9 Å². The van der Waals surface area contributed by atoms with Gasteiger partial charge in [0, 0.05) is 24.8 Å². The van der Waals surface area contributed by atoms with Crippen LogP contribution in [-0.4, -0.2) is 19.9 Å². The van der Waals surface area contributed by atoms with Gasteiger partial charge in [-0.3, -0.25) is 9.80 Å². The molecule has 0 amide bonds. The number of pyridine rings is 4. The molecule has 1 aromatic carbocycles. The van der Waals surface area contributed by atoms with Gasteiger partial charge in [0.25, 0.3) is 0 Å². The van der Waals surface area contributed by atoms with Crippen LogP contribution in [0.2, 0.25) is 0 Å². The number of aryl methyl sites for hydroxylation is 4. The van der Waals surface area contributed by atoms with Crippen molar-refractivity contribution in [3.8, 4) is 0 Å². The van der Waals surface area contributed by atoms with Crippen LogP contribution in [0.1, 0.15) is 49.9 Å². The third kappa shape index (κ3) is 5.86. The van der Waals surface area contributed by atoms with Crippen LogP contribution in [0.15, 0.2) is 97.6 Å². The van der Waals surface area contributed by atoms with Gasteiger partial charge in [-0.1, -0.05) is 33.8 Å². The molecule has 0 aliphatic rings. The van der Waals surface area contributed by atoms with Crippen LogP contribution in [0.5, 0.6) is 0 Å². The Kier molecular flexibility index (Phi) is 8.45. The standard InChI is InChI=1S/C34H36N6/c1-5-25-12-16-35-31(20-25)39(32-21-26(6-2)13-17-36-32)29-10-9-11-30(24-29)40(33-22-27(7-3)14-18-37-33)34-23-28(8-4)15-19-38-34/h9-24H,5-8H2,1-4H3. The molecule has 6 heteroatoms. The van der Waals surface area contributed by atoms with Crippen molar-refractivity contribution < 1.29 is 0 Å². The summed E-state index contributed by atoms with van der Waals surface area (Å²) in [5.41, 5.74) is 6.81. The lowest BCUT2D eigenvalue weighted by molar-refractivity contribution is 1.05. The van der Waals surface area contributed by atoms with Crippen LogP contribution >= 0.6 is 0 Å². The summed E-state index contributed by atoms with van der Waals surface area (Å²) >= 11 is 0. The van der Waals surface area contributed by atoms with E-state index >= 15 is 0 Å². The maximum Gasteiger partial charge on any atom is 0.138 e. The predicted molar refractivity (Wildman–Crippen MR) is 164 cm³/mol. The fourth-order valence-corrected chi connectivity index (χ4v) is 4.75. The van der Waals surface area contributed by atoms with Gasteiger partial charge in [-0.05, 0) is 115 Å². The molecule has 5 rings (SSSR count). The molecule has 0 saturated heterocycles. The van der Waals surface area contributed by atoms with Gasteiger partial charge in [0.15, 0.2) is 0 Å². The second kappa shape index (κ2) is 12.5. The van der Waals surface area contributed by atoms with E-state index in [1.165, 1.54) is 22.3 Å². The second-order valence-electron chi connectivity index (χ2n) is 9.69. The van der Waals surface area contributed by atoms with Crippen LogP contribution in [0, 0.1) is 0 Å². The van der Waals surface area contributed by atoms with Crippen LogP contribution < -0.4 is 9.80 Å². The maximum atomic E-state index is 4.78. The Morgan fingerprint density at radius 1 is 0.425 bits per heavy atom. The van der Waals surface area contributed by atoms with E-state index in [9.17, 15) is 0 Å². The fourth-order valence-electron chi connectivity index (χ4n) is 4.75. The number of hydrogen-bond donors (Lipinski definition) is 0. The zero-order valence-corrected chi connectivity index (χ0v) is 23.7. The van der Waals surface area contributed by atoms with Crippen LogP contribution in [0.4, 0.5) is 34.6 Å². The van der Waals surface area contributed by atoms with E-state index in [2.05, 4.69) is 110 Å². The summed E-state index contributed by atoms with van der Waals surface area (Å²) in [6.07, 6.45) is 11.2.